The van der Waals surface area contributed by atoms with Crippen LogP contribution in [0, 0.1) is 0 Å². The summed E-state index contributed by atoms with van der Waals surface area (Å²) < 4.78 is 0. The van der Waals surface area contributed by atoms with Crippen LogP contribution in [0.3, 0.4) is 0 Å². The monoisotopic (exact) mass is 185 g/mol. The van der Waals surface area contributed by atoms with Gasteiger partial charge >= 0.3 is 0 Å². The second-order valence-corrected chi connectivity index (χ2v) is 3.22. The normalized spacial score (nSPS) is 16.3. The van der Waals surface area contributed by atoms with Crippen LogP contribution in [-0.2, 0) is 9.59 Å². The van der Waals surface area contributed by atoms with E-state index in [4.69, 9.17) is 0 Å². The van der Waals surface area contributed by atoms with Crippen LogP contribution in [0.25, 0.3) is 0 Å². The lowest BCUT2D eigenvalue weighted by Gasteiger charge is -1.93. The quantitative estimate of drug-likeness (QED) is 0.675. The zero-order valence-electron chi connectivity index (χ0n) is 8.56. The minimum absolute atomic E-state index is 0.225. The number of Topliss-reactive ketones (excluding diaryl/α,β-unsaturated/α-hetero) is 1. The van der Waals surface area contributed by atoms with Crippen molar-refractivity contribution in [1.82, 2.24) is 5.32 Å². The van der Waals surface area contributed by atoms with Crippen molar-refractivity contribution in [2.45, 2.75) is 46.0 Å². The fraction of sp³-hybridized carbons (Fsp3) is 0.800. The molecule has 3 heteroatoms. The Balaban J connectivity index is 0.000000252. The maximum atomic E-state index is 10.6. The third-order valence-corrected chi connectivity index (χ3v) is 1.90. The van der Waals surface area contributed by atoms with Gasteiger partial charge in [-0.3, -0.25) is 4.79 Å². The largest absolute Gasteiger partial charge is 0.356 e. The summed E-state index contributed by atoms with van der Waals surface area (Å²) in [5, 5.41) is 2.81. The van der Waals surface area contributed by atoms with Gasteiger partial charge in [-0.05, 0) is 19.8 Å². The molecule has 13 heavy (non-hydrogen) atoms. The van der Waals surface area contributed by atoms with Crippen LogP contribution >= 0.6 is 0 Å². The fourth-order valence-corrected chi connectivity index (χ4v) is 0.904. The second kappa shape index (κ2) is 7.77. The average molecular weight is 185 g/mol. The summed E-state index contributed by atoms with van der Waals surface area (Å²) in [7, 11) is 0. The summed E-state index contributed by atoms with van der Waals surface area (Å²) in [6.07, 6.45) is 4.84. The zero-order chi connectivity index (χ0) is 10.1. The van der Waals surface area contributed by atoms with Crippen LogP contribution in [0.15, 0.2) is 0 Å². The van der Waals surface area contributed by atoms with Crippen LogP contribution in [0.4, 0.5) is 0 Å². The smallest absolute Gasteiger partial charge is 0.219 e. The van der Waals surface area contributed by atoms with Crippen molar-refractivity contribution in [2.75, 3.05) is 6.54 Å². The van der Waals surface area contributed by atoms with Gasteiger partial charge in [0.2, 0.25) is 5.91 Å². The molecule has 0 unspecified atom stereocenters. The highest BCUT2D eigenvalue weighted by Crippen LogP contribution is 2.02. The van der Waals surface area contributed by atoms with Crippen molar-refractivity contribution >= 4 is 11.7 Å². The molecule has 1 amide bonds. The minimum atomic E-state index is 0.225. The van der Waals surface area contributed by atoms with Crippen molar-refractivity contribution in [2.24, 2.45) is 0 Å². The lowest BCUT2D eigenvalue weighted by Crippen LogP contribution is -2.21. The second-order valence-electron chi connectivity index (χ2n) is 3.22. The molecule has 0 atom stereocenters. The molecule has 1 aliphatic rings. The lowest BCUT2D eigenvalue weighted by molar-refractivity contribution is -0.120. The topological polar surface area (TPSA) is 46.2 Å². The van der Waals surface area contributed by atoms with Gasteiger partial charge in [0.15, 0.2) is 0 Å². The molecule has 1 heterocycles. The van der Waals surface area contributed by atoms with Gasteiger partial charge in [-0.1, -0.05) is 13.3 Å². The van der Waals surface area contributed by atoms with E-state index in [1.54, 1.807) is 6.92 Å². The molecule has 1 fully saturated rings. The molecule has 0 radical (unpaired) electrons. The van der Waals surface area contributed by atoms with Crippen molar-refractivity contribution in [3.05, 3.63) is 0 Å². The Morgan fingerprint density at radius 1 is 1.38 bits per heavy atom. The summed E-state index contributed by atoms with van der Waals surface area (Å²) in [4.78, 5) is 20.4. The van der Waals surface area contributed by atoms with Crippen LogP contribution in [-0.4, -0.2) is 18.2 Å². The highest BCUT2D eigenvalue weighted by molar-refractivity contribution is 5.76. The van der Waals surface area contributed by atoms with Crippen molar-refractivity contribution in [3.8, 4) is 0 Å². The lowest BCUT2D eigenvalue weighted by atomic mass is 10.2. The first-order chi connectivity index (χ1) is 6.16. The minimum Gasteiger partial charge on any atom is -0.356 e. The first-order valence-electron chi connectivity index (χ1n) is 4.93. The predicted octanol–water partition coefficient (Wildman–Crippen LogP) is 1.66. The molecule has 0 aromatic carbocycles. The summed E-state index contributed by atoms with van der Waals surface area (Å²) >= 11 is 0. The van der Waals surface area contributed by atoms with Crippen molar-refractivity contribution < 1.29 is 9.59 Å². The van der Waals surface area contributed by atoms with Crippen LogP contribution in [0.5, 0.6) is 0 Å². The van der Waals surface area contributed by atoms with E-state index in [1.807, 2.05) is 6.92 Å². The molecule has 0 aliphatic carbocycles. The Hall–Kier alpha value is -0.860. The average Bonchev–Trinajstić information content (AvgIpc) is 2.33. The van der Waals surface area contributed by atoms with E-state index >= 15 is 0 Å². The summed E-state index contributed by atoms with van der Waals surface area (Å²) in [5.41, 5.74) is 0. The first kappa shape index (κ1) is 12.1. The molecule has 0 spiro atoms. The van der Waals surface area contributed by atoms with Crippen molar-refractivity contribution in [1.29, 1.82) is 0 Å². The molecule has 1 saturated heterocycles. The highest BCUT2D eigenvalue weighted by Gasteiger charge is 2.03. The maximum absolute atomic E-state index is 10.6. The molecule has 0 aromatic heterocycles. The molecule has 0 bridgehead atoms. The molecule has 0 aromatic rings. The summed E-state index contributed by atoms with van der Waals surface area (Å²) in [5.74, 6) is 0.479. The van der Waals surface area contributed by atoms with Gasteiger partial charge in [0.1, 0.15) is 5.78 Å². The Morgan fingerprint density at radius 3 is 2.54 bits per heavy atom. The van der Waals surface area contributed by atoms with E-state index in [0.29, 0.717) is 6.42 Å². The Kier molecular flexibility index (Phi) is 7.26. The first-order valence-corrected chi connectivity index (χ1v) is 4.93. The number of carbonyl (C=O) groups excluding carboxylic acids is 2. The van der Waals surface area contributed by atoms with Crippen molar-refractivity contribution in [3.63, 3.8) is 0 Å². The third kappa shape index (κ3) is 9.05. The zero-order valence-corrected chi connectivity index (χ0v) is 8.56. The summed E-state index contributed by atoms with van der Waals surface area (Å²) in [6.45, 7) is 4.32. The SMILES string of the molecule is CCC(C)=O.O=C1CCCCCN1. The molecular formula is C10H19NO2. The van der Waals surface area contributed by atoms with Gasteiger partial charge < -0.3 is 10.1 Å². The van der Waals surface area contributed by atoms with E-state index in [2.05, 4.69) is 5.32 Å². The van der Waals surface area contributed by atoms with Gasteiger partial charge in [0.05, 0.1) is 0 Å². The molecule has 1 aliphatic heterocycles. The van der Waals surface area contributed by atoms with Gasteiger partial charge in [-0.25, -0.2) is 0 Å². The van der Waals surface area contributed by atoms with Gasteiger partial charge in [-0.15, -0.1) is 0 Å². The number of rotatable bonds is 1. The Bertz CT molecular complexity index is 156. The van der Waals surface area contributed by atoms with E-state index < -0.39 is 0 Å². The number of carbonyl (C=O) groups is 2. The van der Waals surface area contributed by atoms with E-state index in [1.165, 1.54) is 6.42 Å². The van der Waals surface area contributed by atoms with E-state index in [-0.39, 0.29) is 11.7 Å². The van der Waals surface area contributed by atoms with Crippen LogP contribution in [0.1, 0.15) is 46.0 Å². The van der Waals surface area contributed by atoms with Gasteiger partial charge in [0.25, 0.3) is 0 Å². The third-order valence-electron chi connectivity index (χ3n) is 1.90. The number of ketones is 1. The number of amides is 1. The number of hydrogen-bond donors (Lipinski definition) is 1. The Labute approximate surface area is 79.9 Å². The van der Waals surface area contributed by atoms with E-state index in [0.717, 1.165) is 25.8 Å². The maximum Gasteiger partial charge on any atom is 0.219 e. The van der Waals surface area contributed by atoms with Gasteiger partial charge in [0, 0.05) is 19.4 Å². The number of nitrogens with one attached hydrogen (secondary N) is 1. The molecule has 76 valence electrons. The fourth-order valence-electron chi connectivity index (χ4n) is 0.904. The van der Waals surface area contributed by atoms with E-state index in [9.17, 15) is 9.59 Å². The highest BCUT2D eigenvalue weighted by atomic mass is 16.1. The molecule has 1 N–H and O–H groups in total. The predicted molar refractivity (Wildman–Crippen MR) is 52.4 cm³/mol. The van der Waals surface area contributed by atoms with Crippen LogP contribution < -0.4 is 5.32 Å². The number of hydrogen-bond acceptors (Lipinski definition) is 2. The van der Waals surface area contributed by atoms with Crippen LogP contribution in [0.2, 0.25) is 0 Å². The summed E-state index contributed by atoms with van der Waals surface area (Å²) in [6, 6.07) is 0. The van der Waals surface area contributed by atoms with Gasteiger partial charge in [-0.2, -0.15) is 0 Å². The Morgan fingerprint density at radius 2 is 2.00 bits per heavy atom. The molecule has 3 nitrogen and oxygen atoms in total. The standard InChI is InChI=1S/C6H11NO.C4H8O/c8-6-4-2-1-3-5-7-6;1-3-4(2)5/h1-5H2,(H,7,8);3H2,1-2H3. The molecular weight excluding hydrogens is 166 g/mol. The molecule has 0 saturated carbocycles. The molecule has 1 rings (SSSR count).